The molecule has 0 saturated heterocycles. The molecule has 0 aliphatic heterocycles. The van der Waals surface area contributed by atoms with Crippen LogP contribution in [0.4, 0.5) is 0 Å². The zero-order valence-electron chi connectivity index (χ0n) is 32.8. The Labute approximate surface area is 312 Å². The van der Waals surface area contributed by atoms with Gasteiger partial charge in [0.15, 0.2) is 0 Å². The SMILES string of the molecule is CCCCC(CC)COC(=O)c1ccc2c(c1)CCC(C(=O)OCC(CC)CCCC)C2.CCOC(=O)c1cccc2c1C(C(=O)OCC)CCC2. The molecule has 2 aromatic carbocycles. The Balaban J connectivity index is 0.000000311. The Morgan fingerprint density at radius 1 is 0.673 bits per heavy atom. The molecular formula is C44H64O8. The van der Waals surface area contributed by atoms with Crippen LogP contribution in [0.5, 0.6) is 0 Å². The molecule has 0 heterocycles. The first kappa shape index (κ1) is 42.7. The second-order valence-corrected chi connectivity index (χ2v) is 14.3. The van der Waals surface area contributed by atoms with E-state index in [9.17, 15) is 19.2 Å². The van der Waals surface area contributed by atoms with Crippen molar-refractivity contribution < 1.29 is 38.1 Å². The number of carbonyl (C=O) groups is 4. The minimum Gasteiger partial charge on any atom is -0.466 e. The molecule has 0 bridgehead atoms. The van der Waals surface area contributed by atoms with E-state index in [0.29, 0.717) is 55.8 Å². The zero-order valence-corrected chi connectivity index (χ0v) is 32.8. The van der Waals surface area contributed by atoms with E-state index >= 15 is 0 Å². The number of fused-ring (bicyclic) bond motifs is 2. The minimum absolute atomic E-state index is 0.0632. The predicted octanol–water partition coefficient (Wildman–Crippen LogP) is 9.77. The van der Waals surface area contributed by atoms with Crippen LogP contribution >= 0.6 is 0 Å². The van der Waals surface area contributed by atoms with Crippen LogP contribution in [-0.4, -0.2) is 50.3 Å². The van der Waals surface area contributed by atoms with Crippen molar-refractivity contribution in [2.24, 2.45) is 17.8 Å². The first-order valence-electron chi connectivity index (χ1n) is 20.1. The molecule has 0 N–H and O–H groups in total. The molecule has 52 heavy (non-hydrogen) atoms. The second kappa shape index (κ2) is 23.1. The largest absolute Gasteiger partial charge is 0.466 e. The van der Waals surface area contributed by atoms with E-state index in [2.05, 4.69) is 27.7 Å². The van der Waals surface area contributed by atoms with Crippen LogP contribution in [-0.2, 0) is 47.8 Å². The maximum absolute atomic E-state index is 12.6. The molecule has 4 rings (SSSR count). The van der Waals surface area contributed by atoms with Crippen LogP contribution in [0.25, 0.3) is 0 Å². The Bertz CT molecular complexity index is 1430. The summed E-state index contributed by atoms with van der Waals surface area (Å²) >= 11 is 0. The number of esters is 4. The first-order valence-corrected chi connectivity index (χ1v) is 20.1. The maximum atomic E-state index is 12.6. The maximum Gasteiger partial charge on any atom is 0.338 e. The van der Waals surface area contributed by atoms with Crippen molar-refractivity contribution >= 4 is 23.9 Å². The summed E-state index contributed by atoms with van der Waals surface area (Å²) in [5.41, 5.74) is 5.30. The number of carbonyl (C=O) groups excluding carboxylic acids is 4. The number of ether oxygens (including phenoxy) is 4. The van der Waals surface area contributed by atoms with Gasteiger partial charge >= 0.3 is 23.9 Å². The van der Waals surface area contributed by atoms with Crippen molar-refractivity contribution in [3.63, 3.8) is 0 Å². The lowest BCUT2D eigenvalue weighted by Gasteiger charge is -2.25. The van der Waals surface area contributed by atoms with Crippen molar-refractivity contribution in [2.45, 2.75) is 137 Å². The van der Waals surface area contributed by atoms with E-state index < -0.39 is 0 Å². The van der Waals surface area contributed by atoms with Gasteiger partial charge in [0.05, 0.1) is 49.4 Å². The molecule has 0 aromatic heterocycles. The number of unbranched alkanes of at least 4 members (excludes halogenated alkanes) is 2. The van der Waals surface area contributed by atoms with Gasteiger partial charge in [-0.1, -0.05) is 84.4 Å². The summed E-state index contributed by atoms with van der Waals surface area (Å²) in [4.78, 5) is 49.4. The second-order valence-electron chi connectivity index (χ2n) is 14.3. The monoisotopic (exact) mass is 720 g/mol. The van der Waals surface area contributed by atoms with Crippen molar-refractivity contribution in [2.75, 3.05) is 26.4 Å². The van der Waals surface area contributed by atoms with Crippen molar-refractivity contribution in [3.8, 4) is 0 Å². The summed E-state index contributed by atoms with van der Waals surface area (Å²) in [5.74, 6) is -0.415. The number of aryl methyl sites for hydroxylation is 2. The van der Waals surface area contributed by atoms with Crippen LogP contribution in [0.15, 0.2) is 36.4 Å². The molecule has 0 fully saturated rings. The van der Waals surface area contributed by atoms with Gasteiger partial charge in [0.1, 0.15) is 0 Å². The van der Waals surface area contributed by atoms with E-state index in [1.54, 1.807) is 19.9 Å². The number of hydrogen-bond acceptors (Lipinski definition) is 8. The number of benzene rings is 2. The van der Waals surface area contributed by atoms with E-state index in [-0.39, 0.29) is 35.7 Å². The highest BCUT2D eigenvalue weighted by atomic mass is 16.5. The summed E-state index contributed by atoms with van der Waals surface area (Å²) in [5, 5.41) is 0. The molecule has 4 unspecified atom stereocenters. The van der Waals surface area contributed by atoms with Crippen LogP contribution in [0.2, 0.25) is 0 Å². The average molecular weight is 721 g/mol. The summed E-state index contributed by atoms with van der Waals surface area (Å²) < 4.78 is 21.5. The number of hydrogen-bond donors (Lipinski definition) is 0. The van der Waals surface area contributed by atoms with E-state index in [4.69, 9.17) is 18.9 Å². The highest BCUT2D eigenvalue weighted by molar-refractivity contribution is 5.94. The highest BCUT2D eigenvalue weighted by Gasteiger charge is 2.32. The highest BCUT2D eigenvalue weighted by Crippen LogP contribution is 2.35. The van der Waals surface area contributed by atoms with E-state index in [0.717, 1.165) is 80.0 Å². The van der Waals surface area contributed by atoms with Crippen LogP contribution in [0, 0.1) is 17.8 Å². The van der Waals surface area contributed by atoms with Crippen LogP contribution in [0.1, 0.15) is 161 Å². The van der Waals surface area contributed by atoms with Crippen molar-refractivity contribution in [3.05, 3.63) is 69.8 Å². The van der Waals surface area contributed by atoms with Gasteiger partial charge in [-0.15, -0.1) is 0 Å². The van der Waals surface area contributed by atoms with Crippen LogP contribution < -0.4 is 0 Å². The first-order chi connectivity index (χ1) is 25.2. The van der Waals surface area contributed by atoms with Crippen molar-refractivity contribution in [1.29, 1.82) is 0 Å². The molecule has 2 aromatic rings. The summed E-state index contributed by atoms with van der Waals surface area (Å²) in [6.45, 7) is 14.0. The van der Waals surface area contributed by atoms with Gasteiger partial charge in [-0.25, -0.2) is 9.59 Å². The smallest absolute Gasteiger partial charge is 0.338 e. The van der Waals surface area contributed by atoms with Gasteiger partial charge in [0, 0.05) is 0 Å². The summed E-state index contributed by atoms with van der Waals surface area (Å²) in [6, 6.07) is 11.4. The standard InChI is InChI=1S/C28H44O4.C16H20O4/c1-5-9-11-21(7-3)19-31-27(29)25-15-13-24-18-26(16-14-23(24)17-25)28(30)32-20-22(8-4)12-10-6-2;1-3-19-15(17)12-9-5-7-11-8-6-10-13(14(11)12)16(18)20-4-2/h13,15,17,21-22,26H,5-12,14,16,18-20H2,1-4H3;5,7,9,13H,3-4,6,8,10H2,1-2H3. The lowest BCUT2D eigenvalue weighted by Crippen LogP contribution is -2.26. The minimum atomic E-state index is -0.361. The van der Waals surface area contributed by atoms with E-state index in [1.165, 1.54) is 25.7 Å². The Kier molecular flexibility index (Phi) is 19.0. The molecule has 2 aliphatic carbocycles. The molecule has 2 aliphatic rings. The fourth-order valence-corrected chi connectivity index (χ4v) is 7.22. The fraction of sp³-hybridized carbons (Fsp3) is 0.636. The quantitative estimate of drug-likeness (QED) is 0.111. The fourth-order valence-electron chi connectivity index (χ4n) is 7.22. The summed E-state index contributed by atoms with van der Waals surface area (Å²) in [6.07, 6.45) is 13.9. The lowest BCUT2D eigenvalue weighted by molar-refractivity contribution is -0.150. The molecule has 8 heteroatoms. The Hall–Kier alpha value is -3.68. The third-order valence-electron chi connectivity index (χ3n) is 10.6. The van der Waals surface area contributed by atoms with E-state index in [1.807, 2.05) is 30.3 Å². The average Bonchev–Trinajstić information content (AvgIpc) is 3.17. The van der Waals surface area contributed by atoms with Gasteiger partial charge in [0.2, 0.25) is 0 Å². The molecule has 4 atom stereocenters. The van der Waals surface area contributed by atoms with Gasteiger partial charge in [-0.3, -0.25) is 9.59 Å². The molecule has 0 radical (unpaired) electrons. The van der Waals surface area contributed by atoms with Crippen molar-refractivity contribution in [1.82, 2.24) is 0 Å². The number of rotatable bonds is 18. The Morgan fingerprint density at radius 2 is 1.35 bits per heavy atom. The zero-order chi connectivity index (χ0) is 37.9. The normalized spacial score (nSPS) is 17.3. The molecular weight excluding hydrogens is 656 g/mol. The third kappa shape index (κ3) is 12.8. The third-order valence-corrected chi connectivity index (χ3v) is 10.6. The lowest BCUT2D eigenvalue weighted by atomic mass is 9.80. The predicted molar refractivity (Wildman–Crippen MR) is 205 cm³/mol. The topological polar surface area (TPSA) is 105 Å². The van der Waals surface area contributed by atoms with Crippen LogP contribution in [0.3, 0.4) is 0 Å². The molecule has 0 amide bonds. The van der Waals surface area contributed by atoms with Gasteiger partial charge in [-0.05, 0) is 118 Å². The van der Waals surface area contributed by atoms with Gasteiger partial charge in [0.25, 0.3) is 0 Å². The van der Waals surface area contributed by atoms with Gasteiger partial charge < -0.3 is 18.9 Å². The Morgan fingerprint density at radius 3 is 1.98 bits per heavy atom. The molecule has 0 spiro atoms. The molecule has 0 saturated carbocycles. The molecule has 288 valence electrons. The summed E-state index contributed by atoms with van der Waals surface area (Å²) in [7, 11) is 0. The van der Waals surface area contributed by atoms with Gasteiger partial charge in [-0.2, -0.15) is 0 Å². The molecule has 8 nitrogen and oxygen atoms in total.